The summed E-state index contributed by atoms with van der Waals surface area (Å²) < 4.78 is 1.48. The minimum absolute atomic E-state index is 0.523. The molecule has 0 aromatic heterocycles. The number of nitrogens with one attached hydrogen (secondary N) is 2. The second kappa shape index (κ2) is 35.9. The smallest absolute Gasteiger partial charge is 0.240 e. The van der Waals surface area contributed by atoms with Gasteiger partial charge in [-0.2, -0.15) is 20.0 Å². The number of benzene rings is 10. The fourth-order valence-corrected chi connectivity index (χ4v) is 12.5. The van der Waals surface area contributed by atoms with Gasteiger partial charge in [0, 0.05) is 42.2 Å². The van der Waals surface area contributed by atoms with Crippen LogP contribution in [0, 0.1) is 0 Å². The zero-order valence-corrected chi connectivity index (χ0v) is 55.3. The van der Waals surface area contributed by atoms with E-state index in [-0.39, 0.29) is 0 Å². The van der Waals surface area contributed by atoms with E-state index in [0.29, 0.717) is 35.6 Å². The number of hydrogen-bond acceptors (Lipinski definition) is 11. The van der Waals surface area contributed by atoms with E-state index in [4.69, 9.17) is 5.73 Å². The Morgan fingerprint density at radius 1 is 0.341 bits per heavy atom. The van der Waals surface area contributed by atoms with Crippen LogP contribution < -0.4 is 16.4 Å². The first kappa shape index (κ1) is 67.8. The predicted octanol–water partition coefficient (Wildman–Crippen LogP) is 22.5. The summed E-state index contributed by atoms with van der Waals surface area (Å²) in [5, 5.41) is 14.4. The molecule has 0 bridgehead atoms. The normalized spacial score (nSPS) is 10.6. The molecule has 10 aromatic rings. The Hall–Kier alpha value is -9.14. The van der Waals surface area contributed by atoms with Gasteiger partial charge in [-0.05, 0) is 205 Å². The Labute approximate surface area is 551 Å². The van der Waals surface area contributed by atoms with Crippen LogP contribution >= 0.6 is 31.9 Å². The first-order valence-electron chi connectivity index (χ1n) is 31.5. The van der Waals surface area contributed by atoms with Crippen LogP contribution in [0.4, 0.5) is 51.2 Å². The summed E-state index contributed by atoms with van der Waals surface area (Å²) in [6, 6.07) is 61.2. The van der Waals surface area contributed by atoms with E-state index in [1.807, 2.05) is 66.7 Å². The van der Waals surface area contributed by atoms with Gasteiger partial charge < -0.3 is 16.4 Å². The number of rotatable bonds is 27. The molecule has 0 radical (unpaired) electrons. The summed E-state index contributed by atoms with van der Waals surface area (Å²) in [6.07, 6.45) is 26.1. The molecule has 462 valence electrons. The molecule has 0 aliphatic heterocycles. The molecule has 0 heterocycles. The molecule has 13 heteroatoms. The predicted molar refractivity (Wildman–Crippen MR) is 384 cm³/mol. The second-order valence-corrected chi connectivity index (χ2v) is 24.3. The summed E-state index contributed by atoms with van der Waals surface area (Å²) in [4.78, 5) is 58.7. The van der Waals surface area contributed by atoms with Gasteiger partial charge in [-0.3, -0.25) is 0 Å². The van der Waals surface area contributed by atoms with Crippen LogP contribution in [-0.2, 0) is 51.3 Å². The number of nitrogen functional groups attached to an aromatic ring is 1. The Morgan fingerprint density at radius 2 is 0.659 bits per heavy atom. The Kier molecular flexibility index (Phi) is 26.7. The van der Waals surface area contributed by atoms with Crippen LogP contribution in [0.5, 0.6) is 0 Å². The van der Waals surface area contributed by atoms with Crippen molar-refractivity contribution in [3.63, 3.8) is 0 Å². The van der Waals surface area contributed by atoms with Crippen molar-refractivity contribution in [2.45, 2.75) is 130 Å². The third-order valence-electron chi connectivity index (χ3n) is 16.1. The Balaban J connectivity index is 0.000000227. The summed E-state index contributed by atoms with van der Waals surface area (Å²) in [5.74, 6) is 0. The van der Waals surface area contributed by atoms with Gasteiger partial charge in [0.05, 0.1) is 34.1 Å². The Bertz CT molecular complexity index is 4090. The number of halogens is 2. The highest BCUT2D eigenvalue weighted by Crippen LogP contribution is 2.38. The van der Waals surface area contributed by atoms with Gasteiger partial charge in [0.15, 0.2) is 0 Å². The first-order chi connectivity index (χ1) is 44.6. The molecule has 10 aromatic carbocycles. The number of nitrogens with two attached hydrogens (primary N) is 1. The number of aryl methyl sites for hydroxylation is 3. The fourth-order valence-electron chi connectivity index (χ4n) is 11.4. The lowest BCUT2D eigenvalue weighted by molar-refractivity contribution is 0.564. The molecule has 0 atom stereocenters. The number of hydrogen-bond donors (Lipinski definition) is 3. The lowest BCUT2D eigenvalue weighted by atomic mass is 9.97. The van der Waals surface area contributed by atoms with Crippen LogP contribution in [-0.4, -0.2) is 24.3 Å². The number of unbranched alkanes of at least 4 members (excludes halogenated alkanes) is 9. The third-order valence-corrected chi connectivity index (χ3v) is 17.4. The Morgan fingerprint density at radius 3 is 1.02 bits per heavy atom. The minimum Gasteiger partial charge on any atom is -0.398 e. The number of isocyanates is 4. The molecule has 10 rings (SSSR count). The van der Waals surface area contributed by atoms with E-state index in [1.54, 1.807) is 24.3 Å². The van der Waals surface area contributed by atoms with Gasteiger partial charge in [0.1, 0.15) is 0 Å². The average Bonchev–Trinajstić information content (AvgIpc) is 1.30. The molecule has 4 N–H and O–H groups in total. The third kappa shape index (κ3) is 19.4. The van der Waals surface area contributed by atoms with Gasteiger partial charge in [-0.25, -0.2) is 19.2 Å². The molecule has 0 saturated carbocycles. The maximum absolute atomic E-state index is 11.4. The van der Waals surface area contributed by atoms with E-state index in [9.17, 15) is 19.2 Å². The zero-order chi connectivity index (χ0) is 64.2. The molecule has 0 aliphatic rings. The number of carbonyl (C=O) groups excluding carboxylic acids is 4. The van der Waals surface area contributed by atoms with E-state index in [1.165, 1.54) is 134 Å². The molecule has 91 heavy (non-hydrogen) atoms. The van der Waals surface area contributed by atoms with Crippen LogP contribution in [0.1, 0.15) is 137 Å². The van der Waals surface area contributed by atoms with E-state index in [2.05, 4.69) is 186 Å². The lowest BCUT2D eigenvalue weighted by Gasteiger charge is -2.16. The van der Waals surface area contributed by atoms with Gasteiger partial charge in [-0.1, -0.05) is 194 Å². The van der Waals surface area contributed by atoms with Crippen molar-refractivity contribution in [2.75, 3.05) is 16.4 Å². The summed E-state index contributed by atoms with van der Waals surface area (Å²) in [5.41, 5.74) is 20.7. The van der Waals surface area contributed by atoms with Crippen LogP contribution in [0.25, 0.3) is 32.3 Å². The van der Waals surface area contributed by atoms with Crippen LogP contribution in [0.3, 0.4) is 0 Å². The monoisotopic (exact) mass is 1330 g/mol. The average molecular weight is 1340 g/mol. The van der Waals surface area contributed by atoms with Crippen LogP contribution in [0.15, 0.2) is 211 Å². The van der Waals surface area contributed by atoms with Crippen molar-refractivity contribution in [1.29, 1.82) is 0 Å². The quantitative estimate of drug-likeness (QED) is 0.0199. The SMILES string of the molecule is CCCCCCc1ccc(N)c2ccccc12.CCCCCCc1ccc(Nc2cc(Cc3ccc(N=C=O)c(Nc4ccc(CCCCCC)c5ccccc45)c3)ccc2N=C=O)c2ccccc12.O=C=Nc1ccc(Cc2ccc(N=C=O)c(Br)c2)cc1Br. The van der Waals surface area contributed by atoms with E-state index >= 15 is 0 Å². The molecule has 0 fully saturated rings. The summed E-state index contributed by atoms with van der Waals surface area (Å²) in [7, 11) is 0. The summed E-state index contributed by atoms with van der Waals surface area (Å²) >= 11 is 6.74. The van der Waals surface area contributed by atoms with Crippen molar-refractivity contribution < 1.29 is 19.2 Å². The number of nitrogens with zero attached hydrogens (tertiary/aromatic N) is 4. The van der Waals surface area contributed by atoms with Crippen LogP contribution in [0.2, 0.25) is 0 Å². The minimum atomic E-state index is 0.523. The van der Waals surface area contributed by atoms with Crippen molar-refractivity contribution >= 4 is 140 Å². The van der Waals surface area contributed by atoms with Crippen molar-refractivity contribution in [2.24, 2.45) is 20.0 Å². The van der Waals surface area contributed by atoms with E-state index in [0.717, 1.165) is 83.3 Å². The maximum Gasteiger partial charge on any atom is 0.240 e. The fraction of sp³-hybridized carbons (Fsp3) is 0.256. The largest absolute Gasteiger partial charge is 0.398 e. The number of aliphatic imine (C=N–C) groups is 4. The molecule has 0 unspecified atom stereocenters. The highest BCUT2D eigenvalue weighted by atomic mass is 79.9. The second-order valence-electron chi connectivity index (χ2n) is 22.6. The van der Waals surface area contributed by atoms with Crippen molar-refractivity contribution in [3.8, 4) is 0 Å². The highest BCUT2D eigenvalue weighted by Gasteiger charge is 2.14. The molecular formula is C78H77Br2N7O4. The highest BCUT2D eigenvalue weighted by molar-refractivity contribution is 9.11. The first-order valence-corrected chi connectivity index (χ1v) is 33.1. The van der Waals surface area contributed by atoms with Crippen molar-refractivity contribution in [3.05, 3.63) is 230 Å². The molecule has 0 amide bonds. The molecule has 11 nitrogen and oxygen atoms in total. The molecule has 0 spiro atoms. The maximum atomic E-state index is 11.4. The van der Waals surface area contributed by atoms with Gasteiger partial charge in [0.25, 0.3) is 0 Å². The lowest BCUT2D eigenvalue weighted by Crippen LogP contribution is -1.98. The van der Waals surface area contributed by atoms with Gasteiger partial charge >= 0.3 is 0 Å². The zero-order valence-electron chi connectivity index (χ0n) is 52.1. The molecule has 0 saturated heterocycles. The number of anilines is 5. The van der Waals surface area contributed by atoms with Crippen molar-refractivity contribution in [1.82, 2.24) is 0 Å². The summed E-state index contributed by atoms with van der Waals surface area (Å²) in [6.45, 7) is 6.72. The molecule has 0 aliphatic carbocycles. The van der Waals surface area contributed by atoms with Gasteiger partial charge in [-0.15, -0.1) is 0 Å². The topological polar surface area (TPSA) is 168 Å². The molecular weight excluding hydrogens is 1260 g/mol. The number of fused-ring (bicyclic) bond motifs is 3. The standard InChI is InChI=1S/C47H48N4O2.C16H21N.C15H8Br2N2O2/c1-3-5-7-9-15-36-23-27-42(40-19-13-11-17-38(36)40)50-46-30-34(21-25-44(46)48-32-52)29-35-22-26-45(49-33-53)47(31-35)51-43-28-24-37(16-10-8-6-4-2)39-18-12-14-20-41(39)43;1-2-3-4-5-8-13-11-12-16(17)15-10-7-6-9-14(13)15;16-12-6-10(1-3-14(12)18-8-20)5-11-2-4-15(19-9-21)13(17)7-11/h11-14,17-28,30-31,50-51H,3-10,15-16,29H2,1-2H3;6-7,9-12H,2-5,8,17H2,1H3;1-4,6-7H,5H2. The van der Waals surface area contributed by atoms with Gasteiger partial charge in [0.2, 0.25) is 24.3 Å². The van der Waals surface area contributed by atoms with E-state index < -0.39 is 0 Å².